The van der Waals surface area contributed by atoms with Gasteiger partial charge < -0.3 is 10.2 Å². The van der Waals surface area contributed by atoms with Crippen LogP contribution >= 0.6 is 23.1 Å². The molecule has 0 saturated heterocycles. The van der Waals surface area contributed by atoms with Gasteiger partial charge in [-0.1, -0.05) is 0 Å². The Labute approximate surface area is 179 Å². The molecule has 1 heterocycles. The molecule has 0 radical (unpaired) electrons. The zero-order chi connectivity index (χ0) is 20.6. The summed E-state index contributed by atoms with van der Waals surface area (Å²) in [7, 11) is 0. The first-order chi connectivity index (χ1) is 14.1. The van der Waals surface area contributed by atoms with Crippen molar-refractivity contribution in [1.82, 2.24) is 9.88 Å². The molecule has 0 aliphatic heterocycles. The maximum atomic E-state index is 12.5. The van der Waals surface area contributed by atoms with Crippen LogP contribution in [0.15, 0.2) is 64.3 Å². The number of aromatic nitrogens is 1. The Kier molecular flexibility index (Phi) is 7.43. The van der Waals surface area contributed by atoms with E-state index in [1.165, 1.54) is 0 Å². The summed E-state index contributed by atoms with van der Waals surface area (Å²) in [5.74, 6) is 0.635. The largest absolute Gasteiger partial charge is 0.339 e. The molecule has 0 aliphatic carbocycles. The van der Waals surface area contributed by atoms with E-state index in [1.54, 1.807) is 52.3 Å². The fourth-order valence-corrected chi connectivity index (χ4v) is 4.23. The molecule has 0 saturated carbocycles. The van der Waals surface area contributed by atoms with Crippen LogP contribution in [0.1, 0.15) is 40.3 Å². The Hall–Kier alpha value is -2.64. The van der Waals surface area contributed by atoms with E-state index in [0.29, 0.717) is 29.9 Å². The van der Waals surface area contributed by atoms with Gasteiger partial charge in [-0.2, -0.15) is 0 Å². The van der Waals surface area contributed by atoms with Crippen LogP contribution in [0.2, 0.25) is 0 Å². The van der Waals surface area contributed by atoms with Gasteiger partial charge in [-0.25, -0.2) is 4.98 Å². The van der Waals surface area contributed by atoms with Crippen molar-refractivity contribution in [3.05, 3.63) is 76.2 Å². The molecule has 0 unspecified atom stereocenters. The van der Waals surface area contributed by atoms with Crippen molar-refractivity contribution in [3.8, 4) is 0 Å². The number of hydrogen-bond acceptors (Lipinski definition) is 5. The number of amides is 2. The summed E-state index contributed by atoms with van der Waals surface area (Å²) in [6.07, 6.45) is 0. The molecule has 0 aliphatic rings. The van der Waals surface area contributed by atoms with Gasteiger partial charge in [0.1, 0.15) is 0 Å². The minimum Gasteiger partial charge on any atom is -0.339 e. The Morgan fingerprint density at radius 1 is 1.00 bits per heavy atom. The van der Waals surface area contributed by atoms with Crippen molar-refractivity contribution in [2.24, 2.45) is 0 Å². The molecule has 0 atom stereocenters. The van der Waals surface area contributed by atoms with E-state index in [2.05, 4.69) is 10.3 Å². The van der Waals surface area contributed by atoms with Crippen LogP contribution in [0, 0.1) is 0 Å². The van der Waals surface area contributed by atoms with Gasteiger partial charge in [0.2, 0.25) is 0 Å². The lowest BCUT2D eigenvalue weighted by atomic mass is 10.1. The average molecular weight is 426 g/mol. The first-order valence-electron chi connectivity index (χ1n) is 9.41. The Balaban J connectivity index is 1.57. The highest BCUT2D eigenvalue weighted by Gasteiger charge is 2.12. The SMILES string of the molecule is CCN(CC)C(=O)c1ccc(NC(=O)c2ccc(SCc3cscn3)cc2)cc1. The number of nitrogens with zero attached hydrogens (tertiary/aromatic N) is 2. The third-order valence-corrected chi connectivity index (χ3v) is 6.11. The number of thiazole rings is 1. The number of nitrogens with one attached hydrogen (secondary N) is 1. The van der Waals surface area contributed by atoms with E-state index in [1.807, 2.05) is 49.0 Å². The van der Waals surface area contributed by atoms with Crippen LogP contribution in [0.4, 0.5) is 5.69 Å². The van der Waals surface area contributed by atoms with Gasteiger partial charge in [0.05, 0.1) is 11.2 Å². The average Bonchev–Trinajstić information content (AvgIpc) is 3.27. The summed E-state index contributed by atoms with van der Waals surface area (Å²) < 4.78 is 0. The number of anilines is 1. The molecule has 2 amide bonds. The number of carbonyl (C=O) groups is 2. The van der Waals surface area contributed by atoms with Gasteiger partial charge in [0.25, 0.3) is 11.8 Å². The quantitative estimate of drug-likeness (QED) is 0.506. The minimum absolute atomic E-state index is 0.00128. The number of carbonyl (C=O) groups excluding carboxylic acids is 2. The molecule has 3 rings (SSSR count). The fraction of sp³-hybridized carbons (Fsp3) is 0.227. The zero-order valence-corrected chi connectivity index (χ0v) is 18.1. The second kappa shape index (κ2) is 10.2. The molecule has 1 aromatic heterocycles. The maximum Gasteiger partial charge on any atom is 0.255 e. The first-order valence-corrected chi connectivity index (χ1v) is 11.3. The molecule has 0 spiro atoms. The normalized spacial score (nSPS) is 10.6. The highest BCUT2D eigenvalue weighted by molar-refractivity contribution is 7.98. The monoisotopic (exact) mass is 425 g/mol. The lowest BCUT2D eigenvalue weighted by Crippen LogP contribution is -2.30. The van der Waals surface area contributed by atoms with Crippen LogP contribution in [0.25, 0.3) is 0 Å². The van der Waals surface area contributed by atoms with Crippen LogP contribution in [-0.2, 0) is 5.75 Å². The van der Waals surface area contributed by atoms with Crippen LogP contribution in [0.3, 0.4) is 0 Å². The maximum absolute atomic E-state index is 12.5. The second-order valence-corrected chi connectivity index (χ2v) is 8.07. The number of benzene rings is 2. The summed E-state index contributed by atoms with van der Waals surface area (Å²) in [5.41, 5.74) is 4.76. The Morgan fingerprint density at radius 2 is 1.66 bits per heavy atom. The van der Waals surface area contributed by atoms with Crippen LogP contribution < -0.4 is 5.32 Å². The lowest BCUT2D eigenvalue weighted by Gasteiger charge is -2.18. The number of hydrogen-bond donors (Lipinski definition) is 1. The third-order valence-electron chi connectivity index (χ3n) is 4.43. The summed E-state index contributed by atoms with van der Waals surface area (Å²) in [4.78, 5) is 32.0. The van der Waals surface area contributed by atoms with E-state index < -0.39 is 0 Å². The lowest BCUT2D eigenvalue weighted by molar-refractivity contribution is 0.0773. The standard InChI is InChI=1S/C22H23N3O2S2/c1-3-25(4-2)22(27)17-5-9-18(10-6-17)24-21(26)16-7-11-20(12-8-16)29-14-19-13-28-15-23-19/h5-13,15H,3-4,14H2,1-2H3,(H,24,26). The molecule has 29 heavy (non-hydrogen) atoms. The van der Waals surface area contributed by atoms with Gasteiger partial charge in [-0.05, 0) is 62.4 Å². The second-order valence-electron chi connectivity index (χ2n) is 6.30. The van der Waals surface area contributed by atoms with Crippen LogP contribution in [0.5, 0.6) is 0 Å². The van der Waals surface area contributed by atoms with Crippen molar-refractivity contribution < 1.29 is 9.59 Å². The van der Waals surface area contributed by atoms with Crippen LogP contribution in [-0.4, -0.2) is 34.8 Å². The molecular weight excluding hydrogens is 402 g/mol. The van der Waals surface area contributed by atoms with E-state index in [9.17, 15) is 9.59 Å². The molecule has 7 heteroatoms. The van der Waals surface area contributed by atoms with Crippen molar-refractivity contribution >= 4 is 40.6 Å². The van der Waals surface area contributed by atoms with Crippen molar-refractivity contribution in [3.63, 3.8) is 0 Å². The highest BCUT2D eigenvalue weighted by atomic mass is 32.2. The van der Waals surface area contributed by atoms with Gasteiger partial charge >= 0.3 is 0 Å². The van der Waals surface area contributed by atoms with E-state index in [0.717, 1.165) is 16.3 Å². The van der Waals surface area contributed by atoms with Gasteiger partial charge in [0, 0.05) is 45.9 Å². The van der Waals surface area contributed by atoms with Gasteiger partial charge in [-0.15, -0.1) is 23.1 Å². The summed E-state index contributed by atoms with van der Waals surface area (Å²) in [6, 6.07) is 14.5. The van der Waals surface area contributed by atoms with E-state index >= 15 is 0 Å². The smallest absolute Gasteiger partial charge is 0.255 e. The number of rotatable bonds is 8. The molecule has 0 fully saturated rings. The molecule has 2 aromatic carbocycles. The highest BCUT2D eigenvalue weighted by Crippen LogP contribution is 2.23. The van der Waals surface area contributed by atoms with Crippen molar-refractivity contribution in [2.45, 2.75) is 24.5 Å². The molecule has 150 valence electrons. The topological polar surface area (TPSA) is 62.3 Å². The summed E-state index contributed by atoms with van der Waals surface area (Å²) in [6.45, 7) is 5.26. The molecule has 0 bridgehead atoms. The first kappa shape index (κ1) is 21.1. The van der Waals surface area contributed by atoms with E-state index in [4.69, 9.17) is 0 Å². The molecular formula is C22H23N3O2S2. The number of thioether (sulfide) groups is 1. The third kappa shape index (κ3) is 5.68. The zero-order valence-electron chi connectivity index (χ0n) is 16.4. The van der Waals surface area contributed by atoms with Gasteiger partial charge in [-0.3, -0.25) is 9.59 Å². The molecule has 3 aromatic rings. The van der Waals surface area contributed by atoms with Crippen molar-refractivity contribution in [2.75, 3.05) is 18.4 Å². The minimum atomic E-state index is -0.177. The van der Waals surface area contributed by atoms with Crippen molar-refractivity contribution in [1.29, 1.82) is 0 Å². The van der Waals surface area contributed by atoms with E-state index in [-0.39, 0.29) is 11.8 Å². The predicted octanol–water partition coefficient (Wildman–Crippen LogP) is 5.17. The summed E-state index contributed by atoms with van der Waals surface area (Å²) >= 11 is 3.28. The fourth-order valence-electron chi connectivity index (χ4n) is 2.76. The Bertz CT molecular complexity index is 935. The Morgan fingerprint density at radius 3 is 2.24 bits per heavy atom. The predicted molar refractivity (Wildman–Crippen MR) is 120 cm³/mol. The molecule has 5 nitrogen and oxygen atoms in total. The van der Waals surface area contributed by atoms with Gasteiger partial charge in [0.15, 0.2) is 0 Å². The summed E-state index contributed by atoms with van der Waals surface area (Å²) in [5, 5.41) is 4.91. The molecule has 1 N–H and O–H groups in total.